The van der Waals surface area contributed by atoms with Crippen LogP contribution >= 0.6 is 11.6 Å². The number of benzene rings is 12. The molecule has 15 rings (SSSR count). The van der Waals surface area contributed by atoms with E-state index in [4.69, 9.17) is 39.5 Å². The quantitative estimate of drug-likeness (QED) is 0.122. The lowest BCUT2D eigenvalue weighted by atomic mass is 9.49. The molecule has 0 amide bonds. The molecule has 438 valence electrons. The highest BCUT2D eigenvalue weighted by Gasteiger charge is 2.64. The maximum atomic E-state index is 6.49. The fraction of sp³-hybridized carbons (Fsp3) is 0.231. The molecule has 3 heterocycles. The number of hydrogen-bond donors (Lipinski definition) is 0. The fourth-order valence-electron chi connectivity index (χ4n) is 12.5. The van der Waals surface area contributed by atoms with Gasteiger partial charge in [-0.1, -0.05) is 206 Å². The first kappa shape index (κ1) is 59.4. The highest BCUT2D eigenvalue weighted by atomic mass is 35.5. The van der Waals surface area contributed by atoms with Gasteiger partial charge in [0.15, 0.2) is 0 Å². The van der Waals surface area contributed by atoms with Gasteiger partial charge in [-0.25, -0.2) is 0 Å². The minimum Gasteiger partial charge on any atom is -0.405 e. The van der Waals surface area contributed by atoms with Crippen LogP contribution in [0.2, 0.25) is 5.02 Å². The lowest BCUT2D eigenvalue weighted by Gasteiger charge is -2.32. The van der Waals surface area contributed by atoms with Crippen molar-refractivity contribution in [2.75, 3.05) is 0 Å². The topological polar surface area (TPSA) is 55.4 Å². The van der Waals surface area contributed by atoms with Crippen molar-refractivity contribution in [3.63, 3.8) is 0 Å². The summed E-state index contributed by atoms with van der Waals surface area (Å²) in [6, 6.07) is 82.5. The van der Waals surface area contributed by atoms with Crippen LogP contribution in [-0.2, 0) is 27.9 Å². The molecule has 0 atom stereocenters. The molecule has 0 spiro atoms. The SMILES string of the molecule is CC1(C)OB(B2OC(C)(C)C(C)(C)O2)OC1(C)C.CC1(C)OB(c2ccc3c(-c4ccccc4)cc4c5ccccc5c(-c5ccccc5)cc4c3c2)OC1(C)C.Clc1ccc2c(-c3ccccc3)cc3c4ccccc4c(-c4ccccc4)cc3c2c1. The molecule has 3 aliphatic rings. The molecule has 88 heavy (non-hydrogen) atoms. The van der Waals surface area contributed by atoms with Gasteiger partial charge >= 0.3 is 21.1 Å². The summed E-state index contributed by atoms with van der Waals surface area (Å²) in [5.74, 6) is 0. The van der Waals surface area contributed by atoms with Gasteiger partial charge in [-0.3, -0.25) is 0 Å². The van der Waals surface area contributed by atoms with E-state index in [9.17, 15) is 0 Å². The first-order valence-electron chi connectivity index (χ1n) is 30.8. The molecule has 3 saturated heterocycles. The molecule has 6 nitrogen and oxygen atoms in total. The second-order valence-corrected chi connectivity index (χ2v) is 27.2. The van der Waals surface area contributed by atoms with Crippen molar-refractivity contribution in [3.05, 3.63) is 236 Å². The van der Waals surface area contributed by atoms with Crippen molar-refractivity contribution < 1.29 is 27.9 Å². The first-order valence-corrected chi connectivity index (χ1v) is 31.2. The predicted octanol–water partition coefficient (Wildman–Crippen LogP) is 20.2. The normalized spacial score (nSPS) is 17.8. The van der Waals surface area contributed by atoms with Gasteiger partial charge in [0, 0.05) is 5.02 Å². The summed E-state index contributed by atoms with van der Waals surface area (Å²) in [7, 11) is -1.36. The molecule has 12 aromatic rings. The number of hydrogen-bond acceptors (Lipinski definition) is 6. The summed E-state index contributed by atoms with van der Waals surface area (Å²) in [6.45, 7) is 24.6. The highest BCUT2D eigenvalue weighted by Crippen LogP contribution is 2.47. The van der Waals surface area contributed by atoms with Crippen LogP contribution in [0.25, 0.3) is 109 Å². The van der Waals surface area contributed by atoms with Crippen molar-refractivity contribution in [1.82, 2.24) is 0 Å². The standard InChI is InChI=1S/C36H31BO2.C30H19Cl.C12H24B2O4/c1-35(2)36(3,4)39-37(38-35)26-19-20-29-31(25-15-9-6-10-16-25)22-33-28-18-12-11-17-27(28)30(23-34(33)32(29)21-26)24-13-7-5-8-14-24;31-22-15-16-25-27(21-11-5-2-6-12-21)18-29-24-14-8-7-13-23(24)26(19-30(29)28(25)17-22)20-9-3-1-4-10-20;1-9(2)10(3,4)16-13(15-9)14-17-11(5,6)12(7,8)18-14/h5-23H,1-4H3;1-19H;1-8H3. The third-order valence-corrected chi connectivity index (χ3v) is 19.8. The molecule has 0 aromatic heterocycles. The minimum absolute atomic E-state index is 0.360. The van der Waals surface area contributed by atoms with E-state index in [1.54, 1.807) is 0 Å². The van der Waals surface area contributed by atoms with Crippen molar-refractivity contribution in [3.8, 4) is 44.5 Å². The molecule has 10 heteroatoms. The van der Waals surface area contributed by atoms with Crippen molar-refractivity contribution >= 4 is 103 Å². The monoisotopic (exact) mass is 1170 g/mol. The van der Waals surface area contributed by atoms with Gasteiger partial charge in [-0.2, -0.15) is 0 Å². The second kappa shape index (κ2) is 22.5. The average molecular weight is 1180 g/mol. The van der Waals surface area contributed by atoms with E-state index in [1.807, 2.05) is 61.5 Å². The summed E-state index contributed by atoms with van der Waals surface area (Å²) in [5.41, 5.74) is 8.65. The molecule has 3 aliphatic heterocycles. The third-order valence-electron chi connectivity index (χ3n) is 19.6. The fourth-order valence-corrected chi connectivity index (χ4v) is 12.7. The van der Waals surface area contributed by atoms with Gasteiger partial charge in [-0.05, 0) is 234 Å². The lowest BCUT2D eigenvalue weighted by Crippen LogP contribution is -2.41. The molecular formula is C78H74B3ClO6. The van der Waals surface area contributed by atoms with E-state index in [1.165, 1.54) is 109 Å². The van der Waals surface area contributed by atoms with Crippen LogP contribution in [0.1, 0.15) is 83.1 Å². The van der Waals surface area contributed by atoms with Crippen molar-refractivity contribution in [2.24, 2.45) is 0 Å². The molecule has 0 unspecified atom stereocenters. The van der Waals surface area contributed by atoms with Crippen LogP contribution in [0.5, 0.6) is 0 Å². The Morgan fingerprint density at radius 3 is 0.830 bits per heavy atom. The van der Waals surface area contributed by atoms with Gasteiger partial charge in [0.25, 0.3) is 0 Å². The Morgan fingerprint density at radius 1 is 0.239 bits per heavy atom. The number of fused-ring (bicyclic) bond motifs is 10. The molecule has 12 aromatic carbocycles. The van der Waals surface area contributed by atoms with Crippen molar-refractivity contribution in [2.45, 2.75) is 117 Å². The van der Waals surface area contributed by atoms with Crippen LogP contribution in [-0.4, -0.2) is 54.7 Å². The summed E-state index contributed by atoms with van der Waals surface area (Å²) in [5, 5.41) is 15.6. The Morgan fingerprint density at radius 2 is 0.489 bits per heavy atom. The molecule has 0 aliphatic carbocycles. The Hall–Kier alpha value is -7.56. The predicted molar refractivity (Wildman–Crippen MR) is 373 cm³/mol. The minimum atomic E-state index is -0.476. The number of rotatable bonds is 6. The third kappa shape index (κ3) is 10.7. The van der Waals surface area contributed by atoms with Gasteiger partial charge in [0.05, 0.1) is 33.6 Å². The zero-order chi connectivity index (χ0) is 61.5. The van der Waals surface area contributed by atoms with E-state index in [2.05, 4.69) is 252 Å². The van der Waals surface area contributed by atoms with E-state index in [0.29, 0.717) is 0 Å². The van der Waals surface area contributed by atoms with Gasteiger partial charge in [-0.15, -0.1) is 0 Å². The van der Waals surface area contributed by atoms with E-state index >= 15 is 0 Å². The summed E-state index contributed by atoms with van der Waals surface area (Å²) in [4.78, 5) is 0. The van der Waals surface area contributed by atoms with Crippen LogP contribution in [0.15, 0.2) is 231 Å². The molecule has 3 fully saturated rings. The zero-order valence-electron chi connectivity index (χ0n) is 52.5. The van der Waals surface area contributed by atoms with E-state index in [0.717, 1.165) is 10.5 Å². The summed E-state index contributed by atoms with van der Waals surface area (Å²) >= 11 is 6.49. The molecule has 0 N–H and O–H groups in total. The number of halogens is 1. The maximum Gasteiger partial charge on any atom is 0.494 e. The van der Waals surface area contributed by atoms with Gasteiger partial charge in [0.2, 0.25) is 0 Å². The van der Waals surface area contributed by atoms with Gasteiger partial charge < -0.3 is 27.9 Å². The smallest absolute Gasteiger partial charge is 0.405 e. The maximum absolute atomic E-state index is 6.49. The van der Waals surface area contributed by atoms with E-state index in [-0.39, 0.29) is 22.4 Å². The molecule has 0 saturated carbocycles. The lowest BCUT2D eigenvalue weighted by molar-refractivity contribution is 0.00578. The van der Waals surface area contributed by atoms with E-state index < -0.39 is 32.3 Å². The second-order valence-electron chi connectivity index (χ2n) is 26.8. The largest absolute Gasteiger partial charge is 0.494 e. The molecular weight excluding hydrogens is 1100 g/mol. The van der Waals surface area contributed by atoms with Crippen LogP contribution in [0, 0.1) is 0 Å². The van der Waals surface area contributed by atoms with Crippen LogP contribution in [0.4, 0.5) is 0 Å². The molecule has 0 bridgehead atoms. The van der Waals surface area contributed by atoms with Gasteiger partial charge in [0.1, 0.15) is 0 Å². The average Bonchev–Trinajstić information content (AvgIpc) is 1.18. The Labute approximate surface area is 524 Å². The first-order chi connectivity index (χ1) is 42.0. The van der Waals surface area contributed by atoms with Crippen LogP contribution < -0.4 is 5.46 Å². The zero-order valence-corrected chi connectivity index (χ0v) is 53.3. The summed E-state index contributed by atoms with van der Waals surface area (Å²) in [6.07, 6.45) is 0. The van der Waals surface area contributed by atoms with Crippen molar-refractivity contribution in [1.29, 1.82) is 0 Å². The highest BCUT2D eigenvalue weighted by molar-refractivity contribution is 7.11. The Balaban J connectivity index is 0.000000130. The summed E-state index contributed by atoms with van der Waals surface area (Å²) < 4.78 is 36.8. The Kier molecular flexibility index (Phi) is 15.2. The molecule has 0 radical (unpaired) electrons. The Bertz CT molecular complexity index is 4530. The van der Waals surface area contributed by atoms with Crippen LogP contribution in [0.3, 0.4) is 0 Å².